The highest BCUT2D eigenvalue weighted by Crippen LogP contribution is 2.46. The summed E-state index contributed by atoms with van der Waals surface area (Å²) in [7, 11) is 1.17. The second-order valence-corrected chi connectivity index (χ2v) is 6.35. The third kappa shape index (κ3) is 3.15. The van der Waals surface area contributed by atoms with Crippen LogP contribution in [0.5, 0.6) is 0 Å². The Labute approximate surface area is 156 Å². The van der Waals surface area contributed by atoms with Crippen molar-refractivity contribution in [2.24, 2.45) is 17.8 Å². The van der Waals surface area contributed by atoms with Crippen molar-refractivity contribution in [1.82, 2.24) is 4.90 Å². The van der Waals surface area contributed by atoms with Crippen molar-refractivity contribution in [2.45, 2.75) is 19.2 Å². The smallest absolute Gasteiger partial charge is 0.323 e. The lowest BCUT2D eigenvalue weighted by molar-refractivity contribution is -0.157. The summed E-state index contributed by atoms with van der Waals surface area (Å²) in [6, 6.07) is 10.4. The zero-order valence-corrected chi connectivity index (χ0v) is 15.0. The van der Waals surface area contributed by atoms with E-state index in [4.69, 9.17) is 14.2 Å². The van der Waals surface area contributed by atoms with Gasteiger partial charge >= 0.3 is 11.9 Å². The van der Waals surface area contributed by atoms with E-state index in [2.05, 4.69) is 0 Å². The standard InChI is InChI=1S/C19H20N2O6/c1-3-26-19(24)15-14(12(9-20)18(23)25-2)13-10-27-17(21(13)16(15)22)11-7-5-4-6-8-11/h4-8,12-15,17H,3,10H2,1-2H3/t12?,13-,14-,15+,17-/m1/s1. The Balaban J connectivity index is 2.01. The Bertz CT molecular complexity index is 774. The molecule has 0 bridgehead atoms. The van der Waals surface area contributed by atoms with Crippen LogP contribution in [0.2, 0.25) is 0 Å². The maximum Gasteiger partial charge on any atom is 0.323 e. The molecule has 2 aliphatic rings. The quantitative estimate of drug-likeness (QED) is 0.561. The highest BCUT2D eigenvalue weighted by atomic mass is 16.5. The van der Waals surface area contributed by atoms with Gasteiger partial charge < -0.3 is 19.1 Å². The largest absolute Gasteiger partial charge is 0.468 e. The van der Waals surface area contributed by atoms with Crippen LogP contribution in [0, 0.1) is 29.1 Å². The Morgan fingerprint density at radius 1 is 1.37 bits per heavy atom. The number of nitrogens with zero attached hydrogens (tertiary/aromatic N) is 2. The Morgan fingerprint density at radius 2 is 2.07 bits per heavy atom. The average molecular weight is 372 g/mol. The van der Waals surface area contributed by atoms with E-state index in [1.165, 1.54) is 12.0 Å². The lowest BCUT2D eigenvalue weighted by Crippen LogP contribution is -2.39. The van der Waals surface area contributed by atoms with Gasteiger partial charge in [-0.25, -0.2) is 0 Å². The molecule has 1 amide bonds. The number of rotatable bonds is 5. The number of amides is 1. The third-order valence-electron chi connectivity index (χ3n) is 4.99. The maximum absolute atomic E-state index is 13.1. The van der Waals surface area contributed by atoms with Crippen molar-refractivity contribution in [3.63, 3.8) is 0 Å². The van der Waals surface area contributed by atoms with E-state index < -0.39 is 47.9 Å². The molecule has 8 nitrogen and oxygen atoms in total. The molecule has 0 aromatic heterocycles. The summed E-state index contributed by atoms with van der Waals surface area (Å²) in [6.07, 6.45) is -0.678. The van der Waals surface area contributed by atoms with E-state index in [9.17, 15) is 19.6 Å². The molecule has 0 spiro atoms. The molecule has 5 atom stereocenters. The number of esters is 2. The maximum atomic E-state index is 13.1. The van der Waals surface area contributed by atoms with Gasteiger partial charge in [-0.1, -0.05) is 30.3 Å². The van der Waals surface area contributed by atoms with Gasteiger partial charge in [-0.05, 0) is 6.92 Å². The van der Waals surface area contributed by atoms with Crippen molar-refractivity contribution >= 4 is 17.8 Å². The third-order valence-corrected chi connectivity index (χ3v) is 4.99. The fraction of sp³-hybridized carbons (Fsp3) is 0.474. The number of carbonyl (C=O) groups excluding carboxylic acids is 3. The van der Waals surface area contributed by atoms with Crippen molar-refractivity contribution < 1.29 is 28.6 Å². The Hall–Kier alpha value is -2.92. The summed E-state index contributed by atoms with van der Waals surface area (Å²) in [4.78, 5) is 39.2. The molecule has 2 fully saturated rings. The van der Waals surface area contributed by atoms with Crippen LogP contribution in [0.1, 0.15) is 18.7 Å². The topological polar surface area (TPSA) is 106 Å². The van der Waals surface area contributed by atoms with Gasteiger partial charge in [-0.2, -0.15) is 5.26 Å². The number of hydrogen-bond donors (Lipinski definition) is 0. The molecule has 1 aromatic carbocycles. The van der Waals surface area contributed by atoms with Crippen LogP contribution in [0.3, 0.4) is 0 Å². The van der Waals surface area contributed by atoms with E-state index in [-0.39, 0.29) is 13.2 Å². The molecule has 1 aromatic rings. The fourth-order valence-electron chi connectivity index (χ4n) is 3.85. The first-order chi connectivity index (χ1) is 13.0. The van der Waals surface area contributed by atoms with Crippen molar-refractivity contribution in [1.29, 1.82) is 5.26 Å². The molecule has 0 N–H and O–H groups in total. The van der Waals surface area contributed by atoms with Gasteiger partial charge in [0.05, 0.1) is 32.4 Å². The molecule has 2 aliphatic heterocycles. The first-order valence-electron chi connectivity index (χ1n) is 8.67. The minimum Gasteiger partial charge on any atom is -0.468 e. The SMILES string of the molecule is CCOC(=O)[C@@H]1C(=O)N2[C@@H](c3ccccc3)OC[C@@H]2[C@H]1C(C#N)C(=O)OC. The Morgan fingerprint density at radius 3 is 2.67 bits per heavy atom. The summed E-state index contributed by atoms with van der Waals surface area (Å²) in [5.41, 5.74) is 0.753. The van der Waals surface area contributed by atoms with Gasteiger partial charge in [-0.15, -0.1) is 0 Å². The molecule has 142 valence electrons. The van der Waals surface area contributed by atoms with Crippen LogP contribution in [-0.4, -0.2) is 49.1 Å². The van der Waals surface area contributed by atoms with Crippen molar-refractivity contribution in [3.05, 3.63) is 35.9 Å². The first-order valence-corrected chi connectivity index (χ1v) is 8.67. The van der Waals surface area contributed by atoms with Crippen molar-refractivity contribution in [2.75, 3.05) is 20.3 Å². The summed E-state index contributed by atoms with van der Waals surface area (Å²) >= 11 is 0. The lowest BCUT2D eigenvalue weighted by atomic mass is 9.80. The summed E-state index contributed by atoms with van der Waals surface area (Å²) in [5.74, 6) is -5.44. The fourth-order valence-corrected chi connectivity index (χ4v) is 3.85. The van der Waals surface area contributed by atoms with E-state index in [0.29, 0.717) is 0 Å². The van der Waals surface area contributed by atoms with Crippen LogP contribution < -0.4 is 0 Å². The van der Waals surface area contributed by atoms with E-state index in [0.717, 1.165) is 5.56 Å². The molecule has 27 heavy (non-hydrogen) atoms. The molecule has 8 heteroatoms. The van der Waals surface area contributed by atoms with Crippen LogP contribution in [-0.2, 0) is 28.6 Å². The molecule has 0 aliphatic carbocycles. The normalized spacial score (nSPS) is 27.6. The highest BCUT2D eigenvalue weighted by Gasteiger charge is 2.61. The van der Waals surface area contributed by atoms with Gasteiger partial charge in [0, 0.05) is 11.5 Å². The van der Waals surface area contributed by atoms with E-state index in [1.807, 2.05) is 36.4 Å². The zero-order valence-electron chi connectivity index (χ0n) is 15.0. The molecule has 2 saturated heterocycles. The summed E-state index contributed by atoms with van der Waals surface area (Å²) in [5, 5.41) is 9.53. The Kier molecular flexibility index (Phi) is 5.42. The highest BCUT2D eigenvalue weighted by molar-refractivity contribution is 6.01. The zero-order chi connectivity index (χ0) is 19.6. The number of nitriles is 1. The number of carbonyl (C=O) groups is 3. The lowest BCUT2D eigenvalue weighted by Gasteiger charge is -2.24. The minimum atomic E-state index is -1.28. The van der Waals surface area contributed by atoms with Gasteiger partial charge in [-0.3, -0.25) is 14.4 Å². The molecular weight excluding hydrogens is 352 g/mol. The number of methoxy groups -OCH3 is 1. The second kappa shape index (κ2) is 7.76. The minimum absolute atomic E-state index is 0.0913. The van der Waals surface area contributed by atoms with Gasteiger partial charge in [0.25, 0.3) is 0 Å². The predicted molar refractivity (Wildman–Crippen MR) is 90.5 cm³/mol. The number of fused-ring (bicyclic) bond motifs is 1. The van der Waals surface area contributed by atoms with Gasteiger partial charge in [0.1, 0.15) is 11.8 Å². The molecule has 0 radical (unpaired) electrons. The number of hydrogen-bond acceptors (Lipinski definition) is 7. The average Bonchev–Trinajstić information content (AvgIpc) is 3.23. The first kappa shape index (κ1) is 18.9. The summed E-state index contributed by atoms with van der Waals surface area (Å²) < 4.78 is 15.6. The molecule has 0 saturated carbocycles. The second-order valence-electron chi connectivity index (χ2n) is 6.35. The molecule has 1 unspecified atom stereocenters. The van der Waals surface area contributed by atoms with Crippen molar-refractivity contribution in [3.8, 4) is 6.07 Å². The van der Waals surface area contributed by atoms with E-state index in [1.54, 1.807) is 6.92 Å². The number of benzene rings is 1. The number of ether oxygens (including phenoxy) is 3. The van der Waals surface area contributed by atoms with Crippen LogP contribution in [0.25, 0.3) is 0 Å². The van der Waals surface area contributed by atoms with Crippen LogP contribution in [0.15, 0.2) is 30.3 Å². The molecular formula is C19H20N2O6. The summed E-state index contributed by atoms with van der Waals surface area (Å²) in [6.45, 7) is 1.83. The predicted octanol–water partition coefficient (Wildman–Crippen LogP) is 1.03. The van der Waals surface area contributed by atoms with Crippen LogP contribution >= 0.6 is 0 Å². The van der Waals surface area contributed by atoms with E-state index >= 15 is 0 Å². The monoisotopic (exact) mass is 372 g/mol. The van der Waals surface area contributed by atoms with Gasteiger partial charge in [0.15, 0.2) is 6.23 Å². The molecule has 2 heterocycles. The van der Waals surface area contributed by atoms with Gasteiger partial charge in [0.2, 0.25) is 5.91 Å². The molecule has 3 rings (SSSR count). The van der Waals surface area contributed by atoms with Crippen LogP contribution in [0.4, 0.5) is 0 Å².